The molecule has 2 rings (SSSR count). The van der Waals surface area contributed by atoms with Crippen LogP contribution < -0.4 is 4.57 Å². The van der Waals surface area contributed by atoms with Crippen molar-refractivity contribution in [1.29, 1.82) is 0 Å². The van der Waals surface area contributed by atoms with Gasteiger partial charge in [-0.05, 0) is 12.1 Å². The van der Waals surface area contributed by atoms with Gasteiger partial charge in [0.15, 0.2) is 11.0 Å². The number of rotatable bonds is 0. The van der Waals surface area contributed by atoms with Crippen molar-refractivity contribution in [2.75, 3.05) is 0 Å². The standard InChI is InChI=1S/C9H10ClN2.ClH/c1-11-7-5-3-4-6-8(7)12(2)9(11)10;/h3-6H,1-2H3;1H/q+1;. The molecule has 0 fully saturated rings. The molecule has 0 radical (unpaired) electrons. The highest BCUT2D eigenvalue weighted by Crippen LogP contribution is 2.14. The molecular formula is C9H11Cl2N2+. The van der Waals surface area contributed by atoms with Gasteiger partial charge >= 0.3 is 5.28 Å². The second-order valence-electron chi connectivity index (χ2n) is 2.88. The average molecular weight is 218 g/mol. The molecule has 0 N–H and O–H groups in total. The number of aromatic nitrogens is 2. The molecule has 1 heterocycles. The fraction of sp³-hybridized carbons (Fsp3) is 0.222. The van der Waals surface area contributed by atoms with Crippen molar-refractivity contribution in [2.24, 2.45) is 14.1 Å². The highest BCUT2D eigenvalue weighted by molar-refractivity contribution is 6.28. The van der Waals surface area contributed by atoms with Gasteiger partial charge in [-0.15, -0.1) is 12.4 Å². The van der Waals surface area contributed by atoms with E-state index in [1.54, 1.807) is 0 Å². The Hall–Kier alpha value is -0.730. The van der Waals surface area contributed by atoms with Crippen LogP contribution >= 0.6 is 24.0 Å². The third-order valence-corrected chi connectivity index (χ3v) is 2.67. The molecule has 0 aliphatic carbocycles. The Bertz CT molecular complexity index is 395. The molecule has 0 aliphatic rings. The molecule has 13 heavy (non-hydrogen) atoms. The molecule has 0 aliphatic heterocycles. The molecule has 2 aromatic rings. The first-order valence-corrected chi connectivity index (χ1v) is 4.18. The van der Waals surface area contributed by atoms with Gasteiger partial charge in [-0.1, -0.05) is 12.1 Å². The van der Waals surface area contributed by atoms with E-state index in [-0.39, 0.29) is 12.4 Å². The van der Waals surface area contributed by atoms with Gasteiger partial charge in [0.2, 0.25) is 0 Å². The largest absolute Gasteiger partial charge is 0.355 e. The van der Waals surface area contributed by atoms with Gasteiger partial charge in [0.25, 0.3) is 0 Å². The topological polar surface area (TPSA) is 8.81 Å². The molecule has 0 saturated heterocycles. The molecule has 0 spiro atoms. The van der Waals surface area contributed by atoms with Crippen LogP contribution in [0.15, 0.2) is 24.3 Å². The lowest BCUT2D eigenvalue weighted by Gasteiger charge is -1.84. The molecule has 2 nitrogen and oxygen atoms in total. The monoisotopic (exact) mass is 217 g/mol. The van der Waals surface area contributed by atoms with Crippen molar-refractivity contribution in [3.63, 3.8) is 0 Å². The van der Waals surface area contributed by atoms with E-state index in [0.717, 1.165) is 16.3 Å². The van der Waals surface area contributed by atoms with E-state index in [4.69, 9.17) is 11.6 Å². The summed E-state index contributed by atoms with van der Waals surface area (Å²) in [6, 6.07) is 8.14. The van der Waals surface area contributed by atoms with Crippen LogP contribution in [-0.2, 0) is 14.1 Å². The fourth-order valence-corrected chi connectivity index (χ4v) is 1.64. The number of benzene rings is 1. The predicted octanol–water partition coefficient (Wildman–Crippen LogP) is 2.08. The number of hydrogen-bond donors (Lipinski definition) is 0. The summed E-state index contributed by atoms with van der Waals surface area (Å²) in [5, 5.41) is 0.746. The van der Waals surface area contributed by atoms with Gasteiger partial charge in [0, 0.05) is 11.6 Å². The second kappa shape index (κ2) is 3.56. The fourth-order valence-electron chi connectivity index (χ4n) is 1.46. The Morgan fingerprint density at radius 3 is 2.54 bits per heavy atom. The maximum absolute atomic E-state index is 6.05. The zero-order valence-corrected chi connectivity index (χ0v) is 9.06. The van der Waals surface area contributed by atoms with E-state index < -0.39 is 0 Å². The van der Waals surface area contributed by atoms with Crippen molar-refractivity contribution in [3.05, 3.63) is 29.5 Å². The van der Waals surface area contributed by atoms with E-state index in [0.29, 0.717) is 0 Å². The number of para-hydroxylation sites is 2. The van der Waals surface area contributed by atoms with E-state index in [1.165, 1.54) is 0 Å². The summed E-state index contributed by atoms with van der Waals surface area (Å²) >= 11 is 6.05. The Morgan fingerprint density at radius 2 is 1.92 bits per heavy atom. The lowest BCUT2D eigenvalue weighted by molar-refractivity contribution is -0.643. The van der Waals surface area contributed by atoms with Crippen LogP contribution in [0.25, 0.3) is 11.0 Å². The van der Waals surface area contributed by atoms with Gasteiger partial charge in [-0.25, -0.2) is 9.13 Å². The Kier molecular flexibility index (Phi) is 2.84. The summed E-state index contributed by atoms with van der Waals surface area (Å²) in [4.78, 5) is 0. The molecule has 0 amide bonds. The molecule has 4 heteroatoms. The van der Waals surface area contributed by atoms with E-state index >= 15 is 0 Å². The van der Waals surface area contributed by atoms with Crippen LogP contribution in [0.5, 0.6) is 0 Å². The number of hydrogen-bond acceptors (Lipinski definition) is 0. The van der Waals surface area contributed by atoms with Crippen molar-refractivity contribution < 1.29 is 4.57 Å². The minimum absolute atomic E-state index is 0. The molecule has 70 valence electrons. The van der Waals surface area contributed by atoms with Gasteiger partial charge in [0.05, 0.1) is 14.1 Å². The molecule has 0 unspecified atom stereocenters. The summed E-state index contributed by atoms with van der Waals surface area (Å²) in [5.74, 6) is 0. The first-order chi connectivity index (χ1) is 5.72. The number of imidazole rings is 1. The molecule has 0 bridgehead atoms. The summed E-state index contributed by atoms with van der Waals surface area (Å²) in [6.45, 7) is 0. The molecular weight excluding hydrogens is 207 g/mol. The maximum atomic E-state index is 6.05. The van der Waals surface area contributed by atoms with Crippen LogP contribution in [0.1, 0.15) is 0 Å². The Morgan fingerprint density at radius 1 is 1.31 bits per heavy atom. The van der Waals surface area contributed by atoms with E-state index in [9.17, 15) is 0 Å². The van der Waals surface area contributed by atoms with Gasteiger partial charge in [-0.3, -0.25) is 0 Å². The zero-order chi connectivity index (χ0) is 8.72. The predicted molar refractivity (Wildman–Crippen MR) is 56.4 cm³/mol. The van der Waals surface area contributed by atoms with Crippen LogP contribution in [0, 0.1) is 0 Å². The third-order valence-electron chi connectivity index (χ3n) is 2.16. The van der Waals surface area contributed by atoms with Crippen molar-refractivity contribution in [1.82, 2.24) is 4.57 Å². The second-order valence-corrected chi connectivity index (χ2v) is 3.21. The van der Waals surface area contributed by atoms with Gasteiger partial charge in [0.1, 0.15) is 0 Å². The van der Waals surface area contributed by atoms with Crippen molar-refractivity contribution >= 4 is 35.0 Å². The van der Waals surface area contributed by atoms with Crippen LogP contribution in [0.4, 0.5) is 0 Å². The first kappa shape index (κ1) is 10.4. The summed E-state index contributed by atoms with van der Waals surface area (Å²) in [5.41, 5.74) is 2.31. The minimum atomic E-state index is 0. The minimum Gasteiger partial charge on any atom is -0.215 e. The van der Waals surface area contributed by atoms with E-state index in [2.05, 4.69) is 12.1 Å². The maximum Gasteiger partial charge on any atom is 0.355 e. The normalized spacial score (nSPS) is 10.1. The van der Waals surface area contributed by atoms with Gasteiger partial charge < -0.3 is 0 Å². The van der Waals surface area contributed by atoms with Crippen LogP contribution in [0.3, 0.4) is 0 Å². The SMILES string of the molecule is Cl.Cn1c(Cl)[n+](C)c2ccccc21. The number of aryl methyl sites for hydroxylation is 2. The summed E-state index contributed by atoms with van der Waals surface area (Å²) in [6.07, 6.45) is 0. The molecule has 0 atom stereocenters. The van der Waals surface area contributed by atoms with Crippen molar-refractivity contribution in [3.8, 4) is 0 Å². The third kappa shape index (κ3) is 1.40. The molecule has 0 saturated carbocycles. The Labute approximate surface area is 88.1 Å². The number of fused-ring (bicyclic) bond motifs is 1. The van der Waals surface area contributed by atoms with E-state index in [1.807, 2.05) is 35.4 Å². The summed E-state index contributed by atoms with van der Waals surface area (Å²) < 4.78 is 3.94. The zero-order valence-electron chi connectivity index (χ0n) is 7.49. The lowest BCUT2D eigenvalue weighted by Crippen LogP contribution is -2.27. The number of halogens is 2. The number of nitrogens with zero attached hydrogens (tertiary/aromatic N) is 2. The summed E-state index contributed by atoms with van der Waals surface area (Å²) in [7, 11) is 3.93. The highest BCUT2D eigenvalue weighted by atomic mass is 35.5. The van der Waals surface area contributed by atoms with Gasteiger partial charge in [-0.2, -0.15) is 0 Å². The molecule has 1 aromatic heterocycles. The lowest BCUT2D eigenvalue weighted by atomic mass is 10.3. The molecule has 1 aromatic carbocycles. The quantitative estimate of drug-likeness (QED) is 0.598. The highest BCUT2D eigenvalue weighted by Gasteiger charge is 2.16. The van der Waals surface area contributed by atoms with Crippen LogP contribution in [0.2, 0.25) is 5.28 Å². The smallest absolute Gasteiger partial charge is 0.215 e. The first-order valence-electron chi connectivity index (χ1n) is 3.81. The Balaban J connectivity index is 0.000000845. The van der Waals surface area contributed by atoms with Crippen molar-refractivity contribution in [2.45, 2.75) is 0 Å². The van der Waals surface area contributed by atoms with Crippen LogP contribution in [-0.4, -0.2) is 4.57 Å². The average Bonchev–Trinajstić information content (AvgIpc) is 2.33.